The first-order valence-electron chi connectivity index (χ1n) is 9.15. The molecule has 0 spiro atoms. The second-order valence-electron chi connectivity index (χ2n) is 6.46. The van der Waals surface area contributed by atoms with E-state index in [1.165, 1.54) is 27.2 Å². The van der Waals surface area contributed by atoms with E-state index in [1.807, 2.05) is 0 Å². The fourth-order valence-electron chi connectivity index (χ4n) is 3.21. The minimum atomic E-state index is -0.635. The van der Waals surface area contributed by atoms with Crippen molar-refractivity contribution in [3.63, 3.8) is 0 Å². The van der Waals surface area contributed by atoms with Crippen molar-refractivity contribution in [3.8, 4) is 0 Å². The van der Waals surface area contributed by atoms with Crippen molar-refractivity contribution >= 4 is 35.2 Å². The highest BCUT2D eigenvalue weighted by Crippen LogP contribution is 2.36. The van der Waals surface area contributed by atoms with Crippen LogP contribution in [-0.2, 0) is 0 Å². The van der Waals surface area contributed by atoms with Crippen molar-refractivity contribution in [2.75, 3.05) is 5.32 Å². The summed E-state index contributed by atoms with van der Waals surface area (Å²) in [4.78, 5) is 0. The Labute approximate surface area is 162 Å². The first-order valence-corrected chi connectivity index (χ1v) is 10.5. The van der Waals surface area contributed by atoms with Crippen molar-refractivity contribution in [1.82, 2.24) is 0 Å². The molecule has 0 radical (unpaired) electrons. The summed E-state index contributed by atoms with van der Waals surface area (Å²) in [7, 11) is -0.635. The summed E-state index contributed by atoms with van der Waals surface area (Å²) in [6.45, 7) is 2.14. The Morgan fingerprint density at radius 3 is 1.59 bits per heavy atom. The summed E-state index contributed by atoms with van der Waals surface area (Å²) in [5, 5.41) is 7.74. The van der Waals surface area contributed by atoms with Crippen LogP contribution in [0.5, 0.6) is 0 Å². The van der Waals surface area contributed by atoms with Crippen molar-refractivity contribution in [2.24, 2.45) is 0 Å². The predicted octanol–water partition coefficient (Wildman–Crippen LogP) is 5.50. The number of hydrogen-bond donors (Lipinski definition) is 1. The van der Waals surface area contributed by atoms with Crippen LogP contribution < -0.4 is 21.2 Å². The number of anilines is 2. The fourth-order valence-corrected chi connectivity index (χ4v) is 5.62. The monoisotopic (exact) mass is 367 g/mol. The van der Waals surface area contributed by atoms with E-state index in [0.717, 1.165) is 5.69 Å². The second-order valence-corrected chi connectivity index (χ2v) is 8.65. The maximum atomic E-state index is 3.68. The number of benzene rings is 4. The van der Waals surface area contributed by atoms with E-state index in [1.54, 1.807) is 0 Å². The minimum Gasteiger partial charge on any atom is -0.355 e. The molecular weight excluding hydrogens is 345 g/mol. The van der Waals surface area contributed by atoms with Crippen LogP contribution in [0.25, 0.3) is 0 Å². The van der Waals surface area contributed by atoms with Gasteiger partial charge in [0, 0.05) is 16.7 Å². The summed E-state index contributed by atoms with van der Waals surface area (Å²) < 4.78 is 0. The molecule has 0 saturated carbocycles. The molecule has 0 aliphatic carbocycles. The Kier molecular flexibility index (Phi) is 5.32. The van der Waals surface area contributed by atoms with Crippen molar-refractivity contribution in [1.29, 1.82) is 0 Å². The van der Waals surface area contributed by atoms with E-state index >= 15 is 0 Å². The zero-order valence-electron chi connectivity index (χ0n) is 15.3. The zero-order valence-corrected chi connectivity index (χ0v) is 16.2. The number of para-hydroxylation sites is 2. The number of aryl methyl sites for hydroxylation is 1. The average molecular weight is 367 g/mol. The molecule has 1 nitrogen and oxygen atoms in total. The van der Waals surface area contributed by atoms with Gasteiger partial charge >= 0.3 is 0 Å². The lowest BCUT2D eigenvalue weighted by atomic mass is 10.2. The molecule has 0 atom stereocenters. The van der Waals surface area contributed by atoms with Crippen LogP contribution in [0.4, 0.5) is 11.4 Å². The Bertz CT molecular complexity index is 973. The standard InChI is InChI=1S/C25H22NP/c1-20-12-8-9-17-23(20)26-24-18-10-11-19-25(24)27(21-13-4-2-5-14-21)22-15-6-3-7-16-22/h2-19,26H,1H3. The molecule has 0 amide bonds. The molecule has 27 heavy (non-hydrogen) atoms. The number of rotatable bonds is 5. The summed E-state index contributed by atoms with van der Waals surface area (Å²) in [5.74, 6) is 0. The predicted molar refractivity (Wildman–Crippen MR) is 120 cm³/mol. The Morgan fingerprint density at radius 1 is 0.519 bits per heavy atom. The van der Waals surface area contributed by atoms with Crippen molar-refractivity contribution in [3.05, 3.63) is 115 Å². The first kappa shape index (κ1) is 17.5. The Morgan fingerprint density at radius 2 is 1.00 bits per heavy atom. The molecule has 0 fully saturated rings. The summed E-state index contributed by atoms with van der Waals surface area (Å²) in [6, 6.07) is 38.8. The lowest BCUT2D eigenvalue weighted by molar-refractivity contribution is 1.44. The lowest BCUT2D eigenvalue weighted by Gasteiger charge is -2.23. The smallest absolute Gasteiger partial charge is 0.0469 e. The van der Waals surface area contributed by atoms with Gasteiger partial charge in [-0.1, -0.05) is 97.1 Å². The largest absolute Gasteiger partial charge is 0.355 e. The molecule has 0 saturated heterocycles. The fraction of sp³-hybridized carbons (Fsp3) is 0.0400. The van der Waals surface area contributed by atoms with Gasteiger partial charge < -0.3 is 5.32 Å². The Hall–Kier alpha value is -2.89. The number of hydrogen-bond acceptors (Lipinski definition) is 1. The van der Waals surface area contributed by atoms with Crippen molar-refractivity contribution in [2.45, 2.75) is 6.92 Å². The minimum absolute atomic E-state index is 0.635. The molecule has 0 aliphatic rings. The SMILES string of the molecule is Cc1ccccc1Nc1ccccc1P(c1ccccc1)c1ccccc1. The summed E-state index contributed by atoms with van der Waals surface area (Å²) in [5.41, 5.74) is 3.57. The molecule has 2 heteroatoms. The van der Waals surface area contributed by atoms with Gasteiger partial charge in [-0.15, -0.1) is 0 Å². The van der Waals surface area contributed by atoms with E-state index in [-0.39, 0.29) is 0 Å². The normalized spacial score (nSPS) is 10.7. The molecule has 0 unspecified atom stereocenters. The van der Waals surface area contributed by atoms with Gasteiger partial charge in [-0.2, -0.15) is 0 Å². The van der Waals surface area contributed by atoms with Gasteiger partial charge in [0.15, 0.2) is 0 Å². The van der Waals surface area contributed by atoms with E-state index in [9.17, 15) is 0 Å². The van der Waals surface area contributed by atoms with Crippen LogP contribution in [0.3, 0.4) is 0 Å². The molecular formula is C25H22NP. The molecule has 1 N–H and O–H groups in total. The third-order valence-corrected chi connectivity index (χ3v) is 7.09. The molecule has 4 aromatic rings. The van der Waals surface area contributed by atoms with Gasteiger partial charge in [0.25, 0.3) is 0 Å². The first-order chi connectivity index (χ1) is 13.3. The lowest BCUT2D eigenvalue weighted by Crippen LogP contribution is -2.22. The van der Waals surface area contributed by atoms with Crippen LogP contribution in [0.2, 0.25) is 0 Å². The van der Waals surface area contributed by atoms with Crippen LogP contribution in [-0.4, -0.2) is 0 Å². The highest BCUT2D eigenvalue weighted by Gasteiger charge is 2.19. The van der Waals surface area contributed by atoms with Gasteiger partial charge in [0.1, 0.15) is 0 Å². The van der Waals surface area contributed by atoms with Gasteiger partial charge in [0.2, 0.25) is 0 Å². The van der Waals surface area contributed by atoms with Gasteiger partial charge in [0.05, 0.1) is 0 Å². The molecule has 0 heterocycles. The van der Waals surface area contributed by atoms with E-state index in [0.29, 0.717) is 0 Å². The van der Waals surface area contributed by atoms with Gasteiger partial charge in [-0.05, 0) is 43.2 Å². The number of nitrogens with one attached hydrogen (secondary N) is 1. The van der Waals surface area contributed by atoms with Crippen LogP contribution in [0.15, 0.2) is 109 Å². The van der Waals surface area contributed by atoms with E-state index in [2.05, 4.69) is 121 Å². The third kappa shape index (κ3) is 3.94. The van der Waals surface area contributed by atoms with E-state index < -0.39 is 7.92 Å². The summed E-state index contributed by atoms with van der Waals surface area (Å²) >= 11 is 0. The zero-order chi connectivity index (χ0) is 18.5. The van der Waals surface area contributed by atoms with Gasteiger partial charge in [-0.25, -0.2) is 0 Å². The Balaban J connectivity index is 1.83. The van der Waals surface area contributed by atoms with Crippen LogP contribution in [0.1, 0.15) is 5.56 Å². The average Bonchev–Trinajstić information content (AvgIpc) is 2.73. The van der Waals surface area contributed by atoms with E-state index in [4.69, 9.17) is 0 Å². The van der Waals surface area contributed by atoms with Gasteiger partial charge in [-0.3, -0.25) is 0 Å². The molecule has 4 rings (SSSR count). The van der Waals surface area contributed by atoms with Crippen LogP contribution in [0, 0.1) is 6.92 Å². The topological polar surface area (TPSA) is 12.0 Å². The highest BCUT2D eigenvalue weighted by molar-refractivity contribution is 7.80. The quantitative estimate of drug-likeness (QED) is 0.460. The highest BCUT2D eigenvalue weighted by atomic mass is 31.1. The van der Waals surface area contributed by atoms with Crippen LogP contribution >= 0.6 is 7.92 Å². The maximum Gasteiger partial charge on any atom is 0.0469 e. The second kappa shape index (κ2) is 8.20. The van der Waals surface area contributed by atoms with Crippen molar-refractivity contribution < 1.29 is 0 Å². The molecule has 0 aliphatic heterocycles. The molecule has 0 bridgehead atoms. The summed E-state index contributed by atoms with van der Waals surface area (Å²) in [6.07, 6.45) is 0. The maximum absolute atomic E-state index is 3.68. The third-order valence-electron chi connectivity index (χ3n) is 4.59. The molecule has 0 aromatic heterocycles. The molecule has 4 aromatic carbocycles. The molecule has 132 valence electrons.